The Bertz CT molecular complexity index is 5620. The molecule has 1 unspecified atom stereocenters. The average Bonchev–Trinajstić information content (AvgIpc) is 1.53. The van der Waals surface area contributed by atoms with Crippen LogP contribution in [0.4, 0.5) is 34.1 Å². The zero-order chi connectivity index (χ0) is 72.6. The van der Waals surface area contributed by atoms with Crippen molar-refractivity contribution in [2.45, 2.75) is 96.3 Å². The molecular weight excluding hydrogens is 1290 g/mol. The number of hydrogen-bond acceptors (Lipinski definition) is 2. The van der Waals surface area contributed by atoms with Gasteiger partial charge in [0.2, 0.25) is 0 Å². The standard InChI is InChI=1S/C105H90N2/c1-7-17-73-27-31-77(32-28-73)85-47-57-93(58-48-85)106(95-61-51-87(52-62-95)83-41-37-80(38-42-83)76-21-13-10-14-22-76)97-25-15-23-89(67-97)91-55-65-99-101(69-91)105(71-103(99,3)4)72-104(5,6)100-66-56-92(70-102(100)105)90-24-16-26-98(68-90)107(94-59-49-86(50-60-94)78-33-29-74(18-8-2)30-34-78)96-63-53-88(54-64-96)84-45-43-82(44-46-84)81-39-35-79(36-40-81)75-19-11-9-12-20-75/h9-16,19-70H,7-8,17-18,71-72H2,1-6H3. The Morgan fingerprint density at radius 2 is 0.430 bits per heavy atom. The van der Waals surface area contributed by atoms with Crippen molar-refractivity contribution in [3.05, 3.63) is 397 Å². The number of rotatable bonds is 19. The molecule has 0 bridgehead atoms. The highest BCUT2D eigenvalue weighted by atomic mass is 15.1. The van der Waals surface area contributed by atoms with Crippen molar-refractivity contribution in [3.8, 4) is 100 Å². The molecule has 17 rings (SSSR count). The summed E-state index contributed by atoms with van der Waals surface area (Å²) in [6.45, 7) is 14.4. The predicted octanol–water partition coefficient (Wildman–Crippen LogP) is 29.2. The minimum Gasteiger partial charge on any atom is -0.310 e. The first-order valence-electron chi connectivity index (χ1n) is 38.5. The van der Waals surface area contributed by atoms with E-state index in [4.69, 9.17) is 0 Å². The molecule has 15 aromatic rings. The predicted molar refractivity (Wildman–Crippen MR) is 455 cm³/mol. The van der Waals surface area contributed by atoms with Crippen molar-refractivity contribution >= 4 is 34.1 Å². The van der Waals surface area contributed by atoms with Crippen LogP contribution in [-0.4, -0.2) is 0 Å². The van der Waals surface area contributed by atoms with Crippen molar-refractivity contribution in [1.29, 1.82) is 0 Å². The van der Waals surface area contributed by atoms with E-state index in [1.54, 1.807) is 0 Å². The SMILES string of the molecule is CCCc1ccc(-c2ccc(N(c3ccc(-c4ccc(-c5ccccc5)cc4)cc3)c3cccc(-c4ccc5c(c4)C4(CC5(C)C)CC(C)(C)c5ccc(-c6cccc(N(c7ccc(-c8ccc(CCC)cc8)cc7)c7ccc(-c8ccc(-c9ccc(-c%10ccccc%10)cc9)cc8)cc7)c6)cc54)c3)cc2)cc1. The van der Waals surface area contributed by atoms with E-state index in [0.29, 0.717) is 0 Å². The molecule has 0 amide bonds. The molecule has 2 heteroatoms. The molecule has 1 spiro atoms. The van der Waals surface area contributed by atoms with Crippen LogP contribution in [0.1, 0.15) is 101 Å². The zero-order valence-corrected chi connectivity index (χ0v) is 62.3. The number of fused-ring (bicyclic) bond motifs is 4. The Hall–Kier alpha value is -12.1. The minimum absolute atomic E-state index is 0.0522. The van der Waals surface area contributed by atoms with Crippen LogP contribution in [0.2, 0.25) is 0 Å². The van der Waals surface area contributed by atoms with Gasteiger partial charge in [-0.15, -0.1) is 0 Å². The van der Waals surface area contributed by atoms with Crippen LogP contribution in [0.3, 0.4) is 0 Å². The van der Waals surface area contributed by atoms with Gasteiger partial charge in [-0.25, -0.2) is 0 Å². The molecule has 0 radical (unpaired) electrons. The summed E-state index contributed by atoms with van der Waals surface area (Å²) in [5, 5.41) is 0. The van der Waals surface area contributed by atoms with E-state index < -0.39 is 0 Å². The molecule has 0 aliphatic heterocycles. The topological polar surface area (TPSA) is 6.48 Å². The van der Waals surface area contributed by atoms with Crippen molar-refractivity contribution in [3.63, 3.8) is 0 Å². The maximum atomic E-state index is 2.59. The van der Waals surface area contributed by atoms with Gasteiger partial charge in [0.1, 0.15) is 0 Å². The molecule has 107 heavy (non-hydrogen) atoms. The summed E-state index contributed by atoms with van der Waals surface area (Å²) in [6, 6.07) is 136. The summed E-state index contributed by atoms with van der Waals surface area (Å²) in [4.78, 5) is 4.86. The summed E-state index contributed by atoms with van der Waals surface area (Å²) in [7, 11) is 0. The Morgan fingerprint density at radius 1 is 0.206 bits per heavy atom. The molecule has 15 aromatic carbocycles. The zero-order valence-electron chi connectivity index (χ0n) is 62.3. The Labute approximate surface area is 633 Å². The molecule has 0 aromatic heterocycles. The smallest absolute Gasteiger partial charge is 0.0467 e. The first-order chi connectivity index (χ1) is 52.3. The summed E-state index contributed by atoms with van der Waals surface area (Å²) < 4.78 is 0. The van der Waals surface area contributed by atoms with E-state index in [1.807, 2.05) is 0 Å². The lowest BCUT2D eigenvalue weighted by atomic mass is 9.72. The molecule has 2 aliphatic rings. The van der Waals surface area contributed by atoms with Gasteiger partial charge in [0.15, 0.2) is 0 Å². The maximum absolute atomic E-state index is 2.59. The van der Waals surface area contributed by atoms with E-state index in [2.05, 4.69) is 415 Å². The quantitative estimate of drug-likeness (QED) is 0.0796. The molecule has 0 saturated carbocycles. The fraction of sp³-hybridized carbons (Fsp3) is 0.143. The Morgan fingerprint density at radius 3 is 0.701 bits per heavy atom. The highest BCUT2D eigenvalue weighted by molar-refractivity contribution is 5.86. The van der Waals surface area contributed by atoms with Crippen LogP contribution in [0.15, 0.2) is 364 Å². The van der Waals surface area contributed by atoms with Crippen molar-refractivity contribution < 1.29 is 0 Å². The third-order valence-electron chi connectivity index (χ3n) is 22.9. The van der Waals surface area contributed by atoms with Crippen LogP contribution in [0.25, 0.3) is 100 Å². The van der Waals surface area contributed by atoms with E-state index in [9.17, 15) is 0 Å². The number of anilines is 6. The van der Waals surface area contributed by atoms with Gasteiger partial charge >= 0.3 is 0 Å². The average molecular weight is 1380 g/mol. The van der Waals surface area contributed by atoms with Crippen molar-refractivity contribution in [2.24, 2.45) is 0 Å². The molecule has 2 aliphatic carbocycles. The lowest BCUT2D eigenvalue weighted by Crippen LogP contribution is -2.27. The number of hydrogen-bond donors (Lipinski definition) is 0. The number of aryl methyl sites for hydroxylation is 2. The van der Waals surface area contributed by atoms with E-state index in [-0.39, 0.29) is 16.2 Å². The van der Waals surface area contributed by atoms with Gasteiger partial charge in [0.05, 0.1) is 0 Å². The van der Waals surface area contributed by atoms with Crippen molar-refractivity contribution in [2.75, 3.05) is 9.80 Å². The first-order valence-corrected chi connectivity index (χ1v) is 38.5. The lowest BCUT2D eigenvalue weighted by Gasteiger charge is -2.31. The summed E-state index contributed by atoms with van der Waals surface area (Å²) in [5.41, 5.74) is 36.7. The van der Waals surface area contributed by atoms with Crippen LogP contribution >= 0.6 is 0 Å². The summed E-state index contributed by atoms with van der Waals surface area (Å²) in [5.74, 6) is 0. The van der Waals surface area contributed by atoms with Gasteiger partial charge in [0.25, 0.3) is 0 Å². The largest absolute Gasteiger partial charge is 0.310 e. The van der Waals surface area contributed by atoms with E-state index in [0.717, 1.165) is 72.6 Å². The second kappa shape index (κ2) is 28.7. The highest BCUT2D eigenvalue weighted by Crippen LogP contribution is 2.64. The van der Waals surface area contributed by atoms with Crippen molar-refractivity contribution in [1.82, 2.24) is 0 Å². The molecule has 0 saturated heterocycles. The van der Waals surface area contributed by atoms with Gasteiger partial charge in [0, 0.05) is 39.5 Å². The molecule has 0 heterocycles. The molecule has 1 atom stereocenters. The maximum Gasteiger partial charge on any atom is 0.0467 e. The number of nitrogens with zero attached hydrogens (tertiary/aromatic N) is 2. The van der Waals surface area contributed by atoms with Crippen LogP contribution < -0.4 is 9.80 Å². The third kappa shape index (κ3) is 13.6. The summed E-state index contributed by atoms with van der Waals surface area (Å²) >= 11 is 0. The summed E-state index contributed by atoms with van der Waals surface area (Å²) in [6.07, 6.45) is 6.53. The monoisotopic (exact) mass is 1380 g/mol. The molecule has 0 N–H and O–H groups in total. The van der Waals surface area contributed by atoms with Crippen LogP contribution in [0.5, 0.6) is 0 Å². The Kier molecular flexibility index (Phi) is 18.3. The number of benzene rings is 15. The van der Waals surface area contributed by atoms with Gasteiger partial charge in [-0.3, -0.25) is 0 Å². The normalized spacial score (nSPS) is 14.5. The van der Waals surface area contributed by atoms with E-state index >= 15 is 0 Å². The fourth-order valence-corrected chi connectivity index (χ4v) is 17.6. The molecule has 0 fully saturated rings. The van der Waals surface area contributed by atoms with Gasteiger partial charge < -0.3 is 9.80 Å². The van der Waals surface area contributed by atoms with Crippen LogP contribution in [-0.2, 0) is 29.1 Å². The van der Waals surface area contributed by atoms with Gasteiger partial charge in [-0.1, -0.05) is 333 Å². The second-order valence-electron chi connectivity index (χ2n) is 31.0. The third-order valence-corrected chi connectivity index (χ3v) is 22.9. The van der Waals surface area contributed by atoms with E-state index in [1.165, 1.54) is 134 Å². The van der Waals surface area contributed by atoms with Gasteiger partial charge in [-0.2, -0.15) is 0 Å². The lowest BCUT2D eigenvalue weighted by molar-refractivity contribution is 0.349. The van der Waals surface area contributed by atoms with Gasteiger partial charge in [-0.05, 0) is 255 Å². The second-order valence-corrected chi connectivity index (χ2v) is 31.0. The Balaban J connectivity index is 0.700. The molecule has 2 nitrogen and oxygen atoms in total. The fourth-order valence-electron chi connectivity index (χ4n) is 17.6. The highest BCUT2D eigenvalue weighted by Gasteiger charge is 2.56. The molecule has 520 valence electrons. The first kappa shape index (κ1) is 68.0. The minimum atomic E-state index is -0.201. The molecular formula is C105H90N2. The van der Waals surface area contributed by atoms with Crippen LogP contribution in [0, 0.1) is 0 Å².